The Kier molecular flexibility index (Phi) is 3.41. The van der Waals surface area contributed by atoms with Crippen molar-refractivity contribution in [3.63, 3.8) is 0 Å². The van der Waals surface area contributed by atoms with Crippen LogP contribution in [-0.2, 0) is 12.1 Å². The quantitative estimate of drug-likeness (QED) is 0.805. The standard InChI is InChI=1S/C13H14N4OS2/c1-13(2,18)11-6-17(16-15-11)5-10-8-20-12(14-10)9-3-4-19-7-9/h3-4,6-8,18H,5H2,1-2H3. The minimum Gasteiger partial charge on any atom is -0.384 e. The second kappa shape index (κ2) is 5.08. The number of hydrogen-bond donors (Lipinski definition) is 1. The predicted molar refractivity (Wildman–Crippen MR) is 79.8 cm³/mol. The van der Waals surface area contributed by atoms with Gasteiger partial charge in [0.15, 0.2) is 0 Å². The maximum absolute atomic E-state index is 9.87. The molecule has 1 N–H and O–H groups in total. The molecule has 0 saturated carbocycles. The molecular weight excluding hydrogens is 292 g/mol. The molecular formula is C13H14N4OS2. The number of aliphatic hydroxyl groups is 1. The first-order chi connectivity index (χ1) is 9.52. The van der Waals surface area contributed by atoms with Crippen molar-refractivity contribution in [2.75, 3.05) is 0 Å². The van der Waals surface area contributed by atoms with Crippen LogP contribution in [0.4, 0.5) is 0 Å². The van der Waals surface area contributed by atoms with Crippen LogP contribution in [0.1, 0.15) is 25.2 Å². The molecule has 104 valence electrons. The lowest BCUT2D eigenvalue weighted by Gasteiger charge is -2.11. The fourth-order valence-electron chi connectivity index (χ4n) is 1.72. The molecule has 3 aromatic rings. The summed E-state index contributed by atoms with van der Waals surface area (Å²) < 4.78 is 1.69. The van der Waals surface area contributed by atoms with E-state index in [1.54, 1.807) is 47.4 Å². The Bertz CT molecular complexity index is 694. The van der Waals surface area contributed by atoms with Gasteiger partial charge >= 0.3 is 0 Å². The third-order valence-corrected chi connectivity index (χ3v) is 4.43. The Morgan fingerprint density at radius 3 is 2.85 bits per heavy atom. The summed E-state index contributed by atoms with van der Waals surface area (Å²) in [6.45, 7) is 3.95. The van der Waals surface area contributed by atoms with Crippen molar-refractivity contribution in [3.8, 4) is 10.6 Å². The topological polar surface area (TPSA) is 63.8 Å². The predicted octanol–water partition coefficient (Wildman–Crippen LogP) is 2.74. The van der Waals surface area contributed by atoms with Crippen LogP contribution in [0.2, 0.25) is 0 Å². The number of hydrogen-bond acceptors (Lipinski definition) is 6. The molecule has 3 aromatic heterocycles. The highest BCUT2D eigenvalue weighted by Crippen LogP contribution is 2.26. The van der Waals surface area contributed by atoms with Gasteiger partial charge < -0.3 is 5.11 Å². The minimum atomic E-state index is -0.970. The maximum Gasteiger partial charge on any atom is 0.124 e. The zero-order chi connectivity index (χ0) is 14.2. The lowest BCUT2D eigenvalue weighted by atomic mass is 10.1. The van der Waals surface area contributed by atoms with Crippen molar-refractivity contribution in [3.05, 3.63) is 39.8 Å². The fraction of sp³-hybridized carbons (Fsp3) is 0.308. The van der Waals surface area contributed by atoms with Crippen LogP contribution in [-0.4, -0.2) is 25.1 Å². The normalized spacial score (nSPS) is 11.9. The van der Waals surface area contributed by atoms with E-state index in [4.69, 9.17) is 0 Å². The average Bonchev–Trinajstić information content (AvgIpc) is 3.08. The van der Waals surface area contributed by atoms with Crippen LogP contribution in [0.3, 0.4) is 0 Å². The minimum absolute atomic E-state index is 0.559. The summed E-state index contributed by atoms with van der Waals surface area (Å²) in [6.07, 6.45) is 1.75. The smallest absolute Gasteiger partial charge is 0.124 e. The Morgan fingerprint density at radius 1 is 1.35 bits per heavy atom. The van der Waals surface area contributed by atoms with Gasteiger partial charge in [-0.25, -0.2) is 9.67 Å². The molecule has 0 fully saturated rings. The third-order valence-electron chi connectivity index (χ3n) is 2.81. The van der Waals surface area contributed by atoms with Gasteiger partial charge in [0.2, 0.25) is 0 Å². The molecule has 0 atom stereocenters. The summed E-state index contributed by atoms with van der Waals surface area (Å²) >= 11 is 3.29. The Morgan fingerprint density at radius 2 is 2.20 bits per heavy atom. The number of rotatable bonds is 4. The molecule has 0 unspecified atom stereocenters. The highest BCUT2D eigenvalue weighted by atomic mass is 32.1. The SMILES string of the molecule is CC(C)(O)c1cn(Cc2csc(-c3ccsc3)n2)nn1. The van der Waals surface area contributed by atoms with Gasteiger partial charge in [-0.1, -0.05) is 5.21 Å². The monoisotopic (exact) mass is 306 g/mol. The van der Waals surface area contributed by atoms with Crippen molar-refractivity contribution < 1.29 is 5.11 Å². The number of thiazole rings is 1. The zero-order valence-corrected chi connectivity index (χ0v) is 12.8. The van der Waals surface area contributed by atoms with E-state index in [-0.39, 0.29) is 0 Å². The summed E-state index contributed by atoms with van der Waals surface area (Å²) in [6, 6.07) is 2.06. The molecule has 20 heavy (non-hydrogen) atoms. The Labute approximate surface area is 124 Å². The van der Waals surface area contributed by atoms with Crippen LogP contribution in [0.15, 0.2) is 28.4 Å². The average molecular weight is 306 g/mol. The first-order valence-corrected chi connectivity index (χ1v) is 7.94. The van der Waals surface area contributed by atoms with E-state index in [0.717, 1.165) is 16.3 Å². The van der Waals surface area contributed by atoms with E-state index in [2.05, 4.69) is 26.7 Å². The molecule has 0 bridgehead atoms. The van der Waals surface area contributed by atoms with Crippen LogP contribution in [0.25, 0.3) is 10.6 Å². The molecule has 0 aliphatic carbocycles. The first kappa shape index (κ1) is 13.4. The lowest BCUT2D eigenvalue weighted by Crippen LogP contribution is -2.15. The van der Waals surface area contributed by atoms with Gasteiger partial charge in [-0.15, -0.1) is 16.4 Å². The van der Waals surface area contributed by atoms with E-state index in [1.807, 2.05) is 10.8 Å². The first-order valence-electron chi connectivity index (χ1n) is 6.12. The second-order valence-corrected chi connectivity index (χ2v) is 6.65. The highest BCUT2D eigenvalue weighted by Gasteiger charge is 2.20. The Balaban J connectivity index is 1.77. The van der Waals surface area contributed by atoms with Crippen molar-refractivity contribution in [1.82, 2.24) is 20.0 Å². The fourth-order valence-corrected chi connectivity index (χ4v) is 3.24. The van der Waals surface area contributed by atoms with E-state index in [9.17, 15) is 5.11 Å². The molecule has 0 saturated heterocycles. The highest BCUT2D eigenvalue weighted by molar-refractivity contribution is 7.14. The van der Waals surface area contributed by atoms with Crippen LogP contribution in [0, 0.1) is 0 Å². The van der Waals surface area contributed by atoms with Crippen LogP contribution >= 0.6 is 22.7 Å². The summed E-state index contributed by atoms with van der Waals surface area (Å²) in [5.74, 6) is 0. The largest absolute Gasteiger partial charge is 0.384 e. The zero-order valence-electron chi connectivity index (χ0n) is 11.1. The number of aromatic nitrogens is 4. The van der Waals surface area contributed by atoms with Crippen molar-refractivity contribution >= 4 is 22.7 Å². The van der Waals surface area contributed by atoms with Crippen molar-refractivity contribution in [2.45, 2.75) is 26.0 Å². The van der Waals surface area contributed by atoms with Gasteiger partial charge in [-0.3, -0.25) is 0 Å². The van der Waals surface area contributed by atoms with E-state index in [0.29, 0.717) is 12.2 Å². The molecule has 3 rings (SSSR count). The van der Waals surface area contributed by atoms with Gasteiger partial charge in [-0.2, -0.15) is 11.3 Å². The molecule has 0 aromatic carbocycles. The summed E-state index contributed by atoms with van der Waals surface area (Å²) in [5, 5.41) is 25.0. The van der Waals surface area contributed by atoms with Crippen LogP contribution < -0.4 is 0 Å². The molecule has 5 nitrogen and oxygen atoms in total. The number of nitrogens with zero attached hydrogens (tertiary/aromatic N) is 4. The van der Waals surface area contributed by atoms with Gasteiger partial charge in [0.1, 0.15) is 16.3 Å². The molecule has 0 aliphatic rings. The second-order valence-electron chi connectivity index (χ2n) is 5.02. The van der Waals surface area contributed by atoms with E-state index >= 15 is 0 Å². The van der Waals surface area contributed by atoms with Gasteiger partial charge in [0.25, 0.3) is 0 Å². The Hall–Kier alpha value is -1.57. The summed E-state index contributed by atoms with van der Waals surface area (Å²) in [4.78, 5) is 4.59. The van der Waals surface area contributed by atoms with Gasteiger partial charge in [-0.05, 0) is 25.3 Å². The maximum atomic E-state index is 9.87. The molecule has 0 amide bonds. The molecule has 3 heterocycles. The van der Waals surface area contributed by atoms with E-state index in [1.165, 1.54) is 0 Å². The van der Waals surface area contributed by atoms with Crippen LogP contribution in [0.5, 0.6) is 0 Å². The molecule has 0 radical (unpaired) electrons. The van der Waals surface area contributed by atoms with Crippen molar-refractivity contribution in [1.29, 1.82) is 0 Å². The summed E-state index contributed by atoms with van der Waals surface area (Å²) in [5.41, 5.74) is 1.69. The summed E-state index contributed by atoms with van der Waals surface area (Å²) in [7, 11) is 0. The van der Waals surface area contributed by atoms with Crippen molar-refractivity contribution in [2.24, 2.45) is 0 Å². The molecule has 0 aliphatic heterocycles. The molecule has 0 spiro atoms. The van der Waals surface area contributed by atoms with Gasteiger partial charge in [0, 0.05) is 16.3 Å². The van der Waals surface area contributed by atoms with E-state index < -0.39 is 5.60 Å². The molecule has 7 heteroatoms. The lowest BCUT2D eigenvalue weighted by molar-refractivity contribution is 0.0737. The van der Waals surface area contributed by atoms with Gasteiger partial charge in [0.05, 0.1) is 18.4 Å². The number of thiophene rings is 1. The third kappa shape index (κ3) is 2.79.